The number of hydrogen-bond donors (Lipinski definition) is 0. The molecule has 5 nitrogen and oxygen atoms in total. The fourth-order valence-electron chi connectivity index (χ4n) is 3.11. The van der Waals surface area contributed by atoms with Crippen LogP contribution in [0.1, 0.15) is 29.3 Å². The molecule has 1 aromatic carbocycles. The number of benzene rings is 1. The van der Waals surface area contributed by atoms with Crippen molar-refractivity contribution in [3.8, 4) is 0 Å². The lowest BCUT2D eigenvalue weighted by Crippen LogP contribution is -2.22. The lowest BCUT2D eigenvalue weighted by molar-refractivity contribution is 0.211. The smallest absolute Gasteiger partial charge is 0.275 e. The Hall–Kier alpha value is -1.63. The van der Waals surface area contributed by atoms with Gasteiger partial charge in [0.25, 0.3) is 10.0 Å². The van der Waals surface area contributed by atoms with Crippen molar-refractivity contribution in [3.63, 3.8) is 0 Å². The quantitative estimate of drug-likeness (QED) is 0.843. The number of furan rings is 1. The van der Waals surface area contributed by atoms with Crippen LogP contribution in [-0.4, -0.2) is 38.8 Å². The van der Waals surface area contributed by atoms with E-state index in [1.165, 1.54) is 31.3 Å². The summed E-state index contributed by atoms with van der Waals surface area (Å²) in [6.45, 7) is 0.585. The first-order valence-electron chi connectivity index (χ1n) is 7.69. The SMILES string of the molecule is CN(Cc1ccc(S(=O)(=O)N(C)C)o1)C1CCc2ccccc21. The average molecular weight is 334 g/mol. The van der Waals surface area contributed by atoms with Gasteiger partial charge in [-0.25, -0.2) is 12.7 Å². The number of nitrogens with zero attached hydrogens (tertiary/aromatic N) is 2. The maximum Gasteiger partial charge on any atom is 0.275 e. The lowest BCUT2D eigenvalue weighted by Gasteiger charge is -2.24. The van der Waals surface area contributed by atoms with Gasteiger partial charge in [-0.05, 0) is 43.1 Å². The topological polar surface area (TPSA) is 53.8 Å². The summed E-state index contributed by atoms with van der Waals surface area (Å²) in [7, 11) is 1.54. The normalized spacial score (nSPS) is 17.9. The third kappa shape index (κ3) is 3.06. The van der Waals surface area contributed by atoms with Crippen LogP contribution in [0.15, 0.2) is 45.9 Å². The summed E-state index contributed by atoms with van der Waals surface area (Å²) in [5.41, 5.74) is 2.77. The second-order valence-electron chi connectivity index (χ2n) is 6.18. The van der Waals surface area contributed by atoms with Crippen LogP contribution in [-0.2, 0) is 23.0 Å². The van der Waals surface area contributed by atoms with Gasteiger partial charge in [0, 0.05) is 20.1 Å². The zero-order valence-electron chi connectivity index (χ0n) is 13.7. The number of fused-ring (bicyclic) bond motifs is 1. The number of rotatable bonds is 5. The van der Waals surface area contributed by atoms with Crippen molar-refractivity contribution >= 4 is 10.0 Å². The van der Waals surface area contributed by atoms with Gasteiger partial charge in [-0.15, -0.1) is 0 Å². The van der Waals surface area contributed by atoms with E-state index in [4.69, 9.17) is 4.42 Å². The Labute approximate surface area is 137 Å². The van der Waals surface area contributed by atoms with Gasteiger partial charge in [-0.1, -0.05) is 24.3 Å². The van der Waals surface area contributed by atoms with Crippen molar-refractivity contribution in [2.45, 2.75) is 30.5 Å². The predicted molar refractivity (Wildman–Crippen MR) is 88.6 cm³/mol. The molecule has 0 fully saturated rings. The molecule has 3 rings (SSSR count). The van der Waals surface area contributed by atoms with Gasteiger partial charge in [0.1, 0.15) is 5.76 Å². The minimum absolute atomic E-state index is 0.00211. The molecule has 124 valence electrons. The molecule has 1 aliphatic rings. The molecule has 6 heteroatoms. The van der Waals surface area contributed by atoms with Crippen LogP contribution in [0.2, 0.25) is 0 Å². The molecule has 1 unspecified atom stereocenters. The van der Waals surface area contributed by atoms with Crippen molar-refractivity contribution in [2.24, 2.45) is 0 Å². The minimum Gasteiger partial charge on any atom is -0.447 e. The molecular formula is C17H22N2O3S. The molecule has 0 amide bonds. The second kappa shape index (κ2) is 6.11. The maximum atomic E-state index is 12.1. The largest absolute Gasteiger partial charge is 0.447 e. The van der Waals surface area contributed by atoms with Gasteiger partial charge in [0.05, 0.1) is 6.54 Å². The van der Waals surface area contributed by atoms with Crippen LogP contribution in [0.5, 0.6) is 0 Å². The molecule has 0 aliphatic heterocycles. The summed E-state index contributed by atoms with van der Waals surface area (Å²) in [4.78, 5) is 2.22. The Balaban J connectivity index is 1.75. The van der Waals surface area contributed by atoms with Crippen molar-refractivity contribution in [1.29, 1.82) is 0 Å². The molecule has 1 aromatic heterocycles. The Bertz CT molecular complexity index is 796. The Morgan fingerprint density at radius 3 is 2.61 bits per heavy atom. The maximum absolute atomic E-state index is 12.1. The van der Waals surface area contributed by atoms with Gasteiger partial charge >= 0.3 is 0 Å². The molecule has 23 heavy (non-hydrogen) atoms. The molecule has 0 bridgehead atoms. The summed E-state index contributed by atoms with van der Waals surface area (Å²) >= 11 is 0. The molecule has 0 N–H and O–H groups in total. The summed E-state index contributed by atoms with van der Waals surface area (Å²) in [6.07, 6.45) is 2.17. The number of sulfonamides is 1. The standard InChI is InChI=1S/C17H22N2O3S/c1-18(2)23(20,21)17-11-9-14(22-17)12-19(3)16-10-8-13-6-4-5-7-15(13)16/h4-7,9,11,16H,8,10,12H2,1-3H3. The fraction of sp³-hybridized carbons (Fsp3) is 0.412. The van der Waals surface area contributed by atoms with E-state index in [9.17, 15) is 8.42 Å². The summed E-state index contributed by atoms with van der Waals surface area (Å²) in [5, 5.41) is -0.00211. The lowest BCUT2D eigenvalue weighted by atomic mass is 10.1. The molecule has 0 saturated heterocycles. The van der Waals surface area contributed by atoms with Crippen molar-refractivity contribution in [2.75, 3.05) is 21.1 Å². The van der Waals surface area contributed by atoms with E-state index in [2.05, 4.69) is 36.2 Å². The highest BCUT2D eigenvalue weighted by Gasteiger charge is 2.27. The van der Waals surface area contributed by atoms with E-state index in [1.807, 2.05) is 0 Å². The second-order valence-corrected chi connectivity index (χ2v) is 8.26. The predicted octanol–water partition coefficient (Wildman–Crippen LogP) is 2.65. The highest BCUT2D eigenvalue weighted by molar-refractivity contribution is 7.88. The first-order chi connectivity index (χ1) is 10.9. The van der Waals surface area contributed by atoms with E-state index >= 15 is 0 Å². The van der Waals surface area contributed by atoms with Crippen LogP contribution >= 0.6 is 0 Å². The summed E-state index contributed by atoms with van der Waals surface area (Å²) < 4.78 is 30.9. The molecule has 1 atom stereocenters. The monoisotopic (exact) mass is 334 g/mol. The fourth-order valence-corrected chi connectivity index (χ4v) is 3.92. The molecule has 0 spiro atoms. The van der Waals surface area contributed by atoms with Crippen LogP contribution in [0.4, 0.5) is 0 Å². The van der Waals surface area contributed by atoms with Crippen LogP contribution in [0, 0.1) is 0 Å². The Morgan fingerprint density at radius 1 is 1.13 bits per heavy atom. The van der Waals surface area contributed by atoms with Crippen molar-refractivity contribution in [3.05, 3.63) is 53.3 Å². The minimum atomic E-state index is -3.51. The average Bonchev–Trinajstić information content (AvgIpc) is 3.13. The molecule has 1 heterocycles. The third-order valence-corrected chi connectivity index (χ3v) is 6.10. The van der Waals surface area contributed by atoms with Crippen LogP contribution in [0.25, 0.3) is 0 Å². The molecule has 2 aromatic rings. The van der Waals surface area contributed by atoms with E-state index in [1.54, 1.807) is 6.07 Å². The van der Waals surface area contributed by atoms with Gasteiger partial charge < -0.3 is 4.42 Å². The summed E-state index contributed by atoms with van der Waals surface area (Å²) in [6, 6.07) is 12.1. The van der Waals surface area contributed by atoms with Crippen molar-refractivity contribution in [1.82, 2.24) is 9.21 Å². The highest BCUT2D eigenvalue weighted by atomic mass is 32.2. The zero-order chi connectivity index (χ0) is 16.6. The van der Waals surface area contributed by atoms with Gasteiger partial charge in [0.15, 0.2) is 0 Å². The summed E-state index contributed by atoms with van der Waals surface area (Å²) in [5.74, 6) is 0.664. The van der Waals surface area contributed by atoms with E-state index < -0.39 is 10.0 Å². The van der Waals surface area contributed by atoms with Gasteiger partial charge in [-0.3, -0.25) is 4.90 Å². The van der Waals surface area contributed by atoms with E-state index in [0.29, 0.717) is 18.3 Å². The molecule has 0 radical (unpaired) electrons. The number of hydrogen-bond acceptors (Lipinski definition) is 4. The Kier molecular flexibility index (Phi) is 4.31. The Morgan fingerprint density at radius 2 is 1.87 bits per heavy atom. The molecule has 1 aliphatic carbocycles. The van der Waals surface area contributed by atoms with Crippen molar-refractivity contribution < 1.29 is 12.8 Å². The third-order valence-electron chi connectivity index (χ3n) is 4.41. The van der Waals surface area contributed by atoms with Gasteiger partial charge in [0.2, 0.25) is 5.09 Å². The molecule has 0 saturated carbocycles. The first-order valence-corrected chi connectivity index (χ1v) is 9.13. The van der Waals surface area contributed by atoms with Crippen LogP contribution < -0.4 is 0 Å². The first kappa shape index (κ1) is 16.2. The van der Waals surface area contributed by atoms with E-state index in [0.717, 1.165) is 17.1 Å². The van der Waals surface area contributed by atoms with E-state index in [-0.39, 0.29) is 5.09 Å². The zero-order valence-corrected chi connectivity index (χ0v) is 14.5. The highest BCUT2D eigenvalue weighted by Crippen LogP contribution is 2.35. The van der Waals surface area contributed by atoms with Gasteiger partial charge in [-0.2, -0.15) is 0 Å². The number of aryl methyl sites for hydroxylation is 1. The van der Waals surface area contributed by atoms with Crippen LogP contribution in [0.3, 0.4) is 0 Å². The molecular weight excluding hydrogens is 312 g/mol.